The van der Waals surface area contributed by atoms with Gasteiger partial charge in [0.1, 0.15) is 5.75 Å². The Morgan fingerprint density at radius 1 is 1.10 bits per heavy atom. The topological polar surface area (TPSA) is 54.1 Å². The minimum Gasteiger partial charge on any atom is -0.497 e. The fraction of sp³-hybridized carbons (Fsp3) is 0.400. The first-order valence-electron chi connectivity index (χ1n) is 10.7. The lowest BCUT2D eigenvalue weighted by atomic mass is 9.87. The molecule has 3 aromatic rings. The summed E-state index contributed by atoms with van der Waals surface area (Å²) in [7, 11) is 1.67. The van der Waals surface area contributed by atoms with Crippen LogP contribution in [0.3, 0.4) is 0 Å². The standard InChI is InChI=1S/C25H32N2O2/c1-4-6-7-15-26-24(28)16-22(19-11-13-20(29-3)14-12-19)23-17-27-25-18(5-2)9-8-10-21(23)25/h8-14,17,22,27H,4-7,15-16H2,1-3H3,(H,26,28)/t22-/m1/s1. The zero-order chi connectivity index (χ0) is 20.6. The number of para-hydroxylation sites is 1. The minimum atomic E-state index is -0.00654. The Labute approximate surface area is 173 Å². The fourth-order valence-corrected chi connectivity index (χ4v) is 3.93. The zero-order valence-corrected chi connectivity index (χ0v) is 17.8. The molecule has 4 heteroatoms. The third-order valence-electron chi connectivity index (χ3n) is 5.60. The maximum absolute atomic E-state index is 12.7. The van der Waals surface area contributed by atoms with Crippen molar-refractivity contribution in [2.75, 3.05) is 13.7 Å². The summed E-state index contributed by atoms with van der Waals surface area (Å²) in [6.07, 6.45) is 6.81. The van der Waals surface area contributed by atoms with Gasteiger partial charge in [0.15, 0.2) is 0 Å². The van der Waals surface area contributed by atoms with Crippen molar-refractivity contribution >= 4 is 16.8 Å². The summed E-state index contributed by atoms with van der Waals surface area (Å²) in [6.45, 7) is 5.08. The highest BCUT2D eigenvalue weighted by Crippen LogP contribution is 2.35. The number of fused-ring (bicyclic) bond motifs is 1. The molecule has 0 saturated heterocycles. The molecule has 154 valence electrons. The van der Waals surface area contributed by atoms with Crippen LogP contribution in [0.25, 0.3) is 10.9 Å². The van der Waals surface area contributed by atoms with Crippen molar-refractivity contribution in [3.05, 3.63) is 65.4 Å². The molecule has 0 fully saturated rings. The first kappa shape index (κ1) is 21.0. The molecule has 0 aliphatic rings. The number of ether oxygens (including phenoxy) is 1. The summed E-state index contributed by atoms with van der Waals surface area (Å²) in [6, 6.07) is 14.5. The van der Waals surface area contributed by atoms with Crippen molar-refractivity contribution < 1.29 is 9.53 Å². The molecule has 29 heavy (non-hydrogen) atoms. The van der Waals surface area contributed by atoms with Crippen LogP contribution in [0, 0.1) is 0 Å². The average molecular weight is 393 g/mol. The van der Waals surface area contributed by atoms with Crippen LogP contribution in [0.2, 0.25) is 0 Å². The van der Waals surface area contributed by atoms with Gasteiger partial charge in [-0.15, -0.1) is 0 Å². The fourth-order valence-electron chi connectivity index (χ4n) is 3.93. The molecule has 0 bridgehead atoms. The van der Waals surface area contributed by atoms with E-state index in [1.807, 2.05) is 12.1 Å². The van der Waals surface area contributed by atoms with Crippen LogP contribution < -0.4 is 10.1 Å². The molecule has 0 radical (unpaired) electrons. The molecular weight excluding hydrogens is 360 g/mol. The molecule has 0 unspecified atom stereocenters. The number of hydrogen-bond acceptors (Lipinski definition) is 2. The van der Waals surface area contributed by atoms with Crippen molar-refractivity contribution in [3.8, 4) is 5.75 Å². The van der Waals surface area contributed by atoms with E-state index in [0.717, 1.165) is 43.5 Å². The Balaban J connectivity index is 1.91. The largest absolute Gasteiger partial charge is 0.497 e. The number of unbranched alkanes of at least 4 members (excludes halogenated alkanes) is 2. The van der Waals surface area contributed by atoms with Crippen molar-refractivity contribution in [1.82, 2.24) is 10.3 Å². The molecule has 0 spiro atoms. The number of aromatic nitrogens is 1. The maximum atomic E-state index is 12.7. The molecular formula is C25H32N2O2. The zero-order valence-electron chi connectivity index (χ0n) is 17.8. The predicted octanol–water partition coefficient (Wildman–Crippen LogP) is 5.57. The van der Waals surface area contributed by atoms with E-state index < -0.39 is 0 Å². The molecule has 2 aromatic carbocycles. The van der Waals surface area contributed by atoms with Gasteiger partial charge in [-0.25, -0.2) is 0 Å². The molecule has 4 nitrogen and oxygen atoms in total. The minimum absolute atomic E-state index is 0.00654. The Kier molecular flexibility index (Phi) is 7.34. The second-order valence-corrected chi connectivity index (χ2v) is 7.52. The second kappa shape index (κ2) is 10.1. The number of carbonyl (C=O) groups excluding carboxylic acids is 1. The van der Waals surface area contributed by atoms with Crippen LogP contribution in [0.5, 0.6) is 5.75 Å². The molecule has 3 rings (SSSR count). The SMILES string of the molecule is CCCCCNC(=O)C[C@H](c1ccc(OC)cc1)c1c[nH]c2c(CC)cccc12. The molecule has 1 heterocycles. The van der Waals surface area contributed by atoms with Crippen LogP contribution in [0.4, 0.5) is 0 Å². The van der Waals surface area contributed by atoms with Crippen LogP contribution in [-0.2, 0) is 11.2 Å². The molecule has 0 aliphatic carbocycles. The van der Waals surface area contributed by atoms with Gasteiger partial charge in [0, 0.05) is 36.0 Å². The summed E-state index contributed by atoms with van der Waals surface area (Å²) >= 11 is 0. The van der Waals surface area contributed by atoms with E-state index in [-0.39, 0.29) is 11.8 Å². The molecule has 2 N–H and O–H groups in total. The molecule has 0 saturated carbocycles. The summed E-state index contributed by atoms with van der Waals surface area (Å²) in [5, 5.41) is 4.30. The Bertz CT molecular complexity index is 928. The Morgan fingerprint density at radius 3 is 2.59 bits per heavy atom. The van der Waals surface area contributed by atoms with Crippen LogP contribution >= 0.6 is 0 Å². The van der Waals surface area contributed by atoms with E-state index in [9.17, 15) is 4.79 Å². The number of rotatable bonds is 10. The highest BCUT2D eigenvalue weighted by Gasteiger charge is 2.22. The van der Waals surface area contributed by atoms with Gasteiger partial charge in [0.05, 0.1) is 7.11 Å². The van der Waals surface area contributed by atoms with E-state index in [2.05, 4.69) is 60.7 Å². The van der Waals surface area contributed by atoms with E-state index >= 15 is 0 Å². The van der Waals surface area contributed by atoms with Crippen LogP contribution in [-0.4, -0.2) is 24.5 Å². The quantitative estimate of drug-likeness (QED) is 0.443. The molecule has 1 aromatic heterocycles. The van der Waals surface area contributed by atoms with Gasteiger partial charge in [-0.2, -0.15) is 0 Å². The molecule has 1 atom stereocenters. The molecule has 1 amide bonds. The smallest absolute Gasteiger partial charge is 0.220 e. The number of hydrogen-bond donors (Lipinski definition) is 2. The Morgan fingerprint density at radius 2 is 1.90 bits per heavy atom. The lowest BCUT2D eigenvalue weighted by Gasteiger charge is -2.18. The van der Waals surface area contributed by atoms with Gasteiger partial charge in [0.2, 0.25) is 5.91 Å². The van der Waals surface area contributed by atoms with Crippen LogP contribution in [0.15, 0.2) is 48.7 Å². The van der Waals surface area contributed by atoms with Gasteiger partial charge in [-0.05, 0) is 41.7 Å². The van der Waals surface area contributed by atoms with E-state index in [1.165, 1.54) is 22.0 Å². The highest BCUT2D eigenvalue weighted by molar-refractivity contribution is 5.88. The monoisotopic (exact) mass is 392 g/mol. The first-order valence-corrected chi connectivity index (χ1v) is 10.7. The van der Waals surface area contributed by atoms with Gasteiger partial charge >= 0.3 is 0 Å². The summed E-state index contributed by atoms with van der Waals surface area (Å²) in [5.41, 5.74) is 4.76. The van der Waals surface area contributed by atoms with E-state index in [0.29, 0.717) is 6.42 Å². The van der Waals surface area contributed by atoms with Gasteiger partial charge < -0.3 is 15.0 Å². The van der Waals surface area contributed by atoms with Gasteiger partial charge in [0.25, 0.3) is 0 Å². The number of aryl methyl sites for hydroxylation is 1. The number of methoxy groups -OCH3 is 1. The van der Waals surface area contributed by atoms with Gasteiger partial charge in [-0.3, -0.25) is 4.79 Å². The number of benzene rings is 2. The van der Waals surface area contributed by atoms with E-state index in [1.54, 1.807) is 7.11 Å². The van der Waals surface area contributed by atoms with Crippen molar-refractivity contribution in [3.63, 3.8) is 0 Å². The third-order valence-corrected chi connectivity index (χ3v) is 5.60. The maximum Gasteiger partial charge on any atom is 0.220 e. The summed E-state index contributed by atoms with van der Waals surface area (Å²) in [4.78, 5) is 16.2. The Hall–Kier alpha value is -2.75. The summed E-state index contributed by atoms with van der Waals surface area (Å²) in [5.74, 6) is 0.916. The highest BCUT2D eigenvalue weighted by atomic mass is 16.5. The molecule has 0 aliphatic heterocycles. The number of H-pyrrole nitrogens is 1. The number of carbonyl (C=O) groups is 1. The van der Waals surface area contributed by atoms with Crippen molar-refractivity contribution in [1.29, 1.82) is 0 Å². The normalized spacial score (nSPS) is 12.1. The predicted molar refractivity (Wildman–Crippen MR) is 120 cm³/mol. The van der Waals surface area contributed by atoms with Crippen molar-refractivity contribution in [2.24, 2.45) is 0 Å². The van der Waals surface area contributed by atoms with Crippen molar-refractivity contribution in [2.45, 2.75) is 51.9 Å². The first-order chi connectivity index (χ1) is 14.2. The van der Waals surface area contributed by atoms with Crippen LogP contribution in [0.1, 0.15) is 62.1 Å². The lowest BCUT2D eigenvalue weighted by molar-refractivity contribution is -0.121. The third kappa shape index (κ3) is 5.00. The number of amides is 1. The second-order valence-electron chi connectivity index (χ2n) is 7.52. The summed E-state index contributed by atoms with van der Waals surface area (Å²) < 4.78 is 5.31. The van der Waals surface area contributed by atoms with E-state index in [4.69, 9.17) is 4.74 Å². The van der Waals surface area contributed by atoms with Gasteiger partial charge in [-0.1, -0.05) is 57.0 Å². The lowest BCUT2D eigenvalue weighted by Crippen LogP contribution is -2.26. The number of nitrogens with one attached hydrogen (secondary N) is 2. The number of aromatic amines is 1. The average Bonchev–Trinajstić information content (AvgIpc) is 3.19.